The van der Waals surface area contributed by atoms with Crippen LogP contribution < -0.4 is 0 Å². The summed E-state index contributed by atoms with van der Waals surface area (Å²) in [4.78, 5) is 0. The minimum absolute atomic E-state index is 0.0835. The molecule has 0 saturated heterocycles. The third-order valence-corrected chi connectivity index (χ3v) is 0.766. The maximum absolute atomic E-state index is 8.24. The average molecular weight is 136 g/mol. The predicted molar refractivity (Wildman–Crippen MR) is 42.4 cm³/mol. The van der Waals surface area contributed by atoms with E-state index in [1.165, 1.54) is 0 Å². The molecule has 1 heteroatoms. The maximum Gasteiger partial charge on any atom is 0.104 e. The molecule has 0 fully saturated rings. The van der Waals surface area contributed by atoms with Crippen molar-refractivity contribution in [3.8, 4) is 11.8 Å². The van der Waals surface area contributed by atoms with Gasteiger partial charge in [0.1, 0.15) is 6.61 Å². The summed E-state index contributed by atoms with van der Waals surface area (Å²) >= 11 is 0. The third-order valence-electron chi connectivity index (χ3n) is 0.766. The predicted octanol–water partition coefficient (Wildman–Crippen LogP) is 1.35. The Morgan fingerprint density at radius 2 is 2.20 bits per heavy atom. The summed E-state index contributed by atoms with van der Waals surface area (Å²) in [5, 5.41) is 8.24. The smallest absolute Gasteiger partial charge is 0.104 e. The molecule has 0 heterocycles. The topological polar surface area (TPSA) is 20.2 Å². The van der Waals surface area contributed by atoms with Crippen molar-refractivity contribution in [1.82, 2.24) is 0 Å². The second kappa shape index (κ2) is 6.16. The first-order chi connectivity index (χ1) is 4.77. The van der Waals surface area contributed by atoms with Crippen LogP contribution in [0.2, 0.25) is 0 Å². The lowest BCUT2D eigenvalue weighted by Crippen LogP contribution is -1.73. The van der Waals surface area contributed by atoms with E-state index in [4.69, 9.17) is 5.11 Å². The molecule has 1 N–H and O–H groups in total. The van der Waals surface area contributed by atoms with E-state index < -0.39 is 0 Å². The standard InChI is InChI=1S/C9H12O/c1-9(2)7-5-3-4-6-8-10/h3,7,9-10H,8H2,1-2H3. The van der Waals surface area contributed by atoms with Gasteiger partial charge in [-0.25, -0.2) is 0 Å². The van der Waals surface area contributed by atoms with Crippen LogP contribution in [-0.4, -0.2) is 11.7 Å². The molecule has 1 nitrogen and oxygen atoms in total. The zero-order valence-corrected chi connectivity index (χ0v) is 6.39. The van der Waals surface area contributed by atoms with Crippen LogP contribution in [-0.2, 0) is 0 Å². The fraction of sp³-hybridized carbons (Fsp3) is 0.444. The first kappa shape index (κ1) is 9.04. The molecule has 0 aliphatic heterocycles. The summed E-state index contributed by atoms with van der Waals surface area (Å²) < 4.78 is 0. The third kappa shape index (κ3) is 7.04. The molecule has 54 valence electrons. The van der Waals surface area contributed by atoms with E-state index in [9.17, 15) is 0 Å². The molecular formula is C9H12O. The van der Waals surface area contributed by atoms with E-state index in [0.29, 0.717) is 5.92 Å². The zero-order chi connectivity index (χ0) is 7.82. The number of rotatable bonds is 1. The Bertz CT molecular complexity index is 185. The van der Waals surface area contributed by atoms with Crippen LogP contribution in [0.4, 0.5) is 0 Å². The van der Waals surface area contributed by atoms with Gasteiger partial charge in [-0.2, -0.15) is 0 Å². The lowest BCUT2D eigenvalue weighted by molar-refractivity contribution is 0.350. The van der Waals surface area contributed by atoms with Crippen molar-refractivity contribution < 1.29 is 5.11 Å². The van der Waals surface area contributed by atoms with E-state index in [1.54, 1.807) is 6.08 Å². The molecular weight excluding hydrogens is 124 g/mol. The van der Waals surface area contributed by atoms with Gasteiger partial charge in [0.2, 0.25) is 0 Å². The lowest BCUT2D eigenvalue weighted by Gasteiger charge is -1.84. The zero-order valence-electron chi connectivity index (χ0n) is 6.39. The number of aliphatic hydroxyl groups excluding tert-OH is 1. The van der Waals surface area contributed by atoms with Crippen LogP contribution in [0.5, 0.6) is 0 Å². The molecule has 0 aliphatic carbocycles. The Hall–Kier alpha value is -0.960. The number of hydrogen-bond donors (Lipinski definition) is 1. The van der Waals surface area contributed by atoms with Crippen LogP contribution in [0.3, 0.4) is 0 Å². The lowest BCUT2D eigenvalue weighted by atomic mass is 10.2. The van der Waals surface area contributed by atoms with Gasteiger partial charge in [-0.05, 0) is 12.0 Å². The van der Waals surface area contributed by atoms with E-state index in [-0.39, 0.29) is 6.61 Å². The van der Waals surface area contributed by atoms with Gasteiger partial charge in [-0.1, -0.05) is 25.7 Å². The monoisotopic (exact) mass is 136 g/mol. The second-order valence-electron chi connectivity index (χ2n) is 2.20. The number of hydrogen-bond acceptors (Lipinski definition) is 1. The van der Waals surface area contributed by atoms with Crippen LogP contribution in [0.15, 0.2) is 17.9 Å². The summed E-state index contributed by atoms with van der Waals surface area (Å²) in [5.74, 6) is 5.62. The summed E-state index contributed by atoms with van der Waals surface area (Å²) in [5.41, 5.74) is 2.88. The highest BCUT2D eigenvalue weighted by Gasteiger charge is 1.77. The summed E-state index contributed by atoms with van der Waals surface area (Å²) in [7, 11) is 0. The van der Waals surface area contributed by atoms with Crippen LogP contribution >= 0.6 is 0 Å². The summed E-state index contributed by atoms with van der Waals surface area (Å²) in [6, 6.07) is 0. The molecule has 0 amide bonds. The molecule has 0 aromatic carbocycles. The quantitative estimate of drug-likeness (QED) is 0.426. The second-order valence-corrected chi connectivity index (χ2v) is 2.20. The van der Waals surface area contributed by atoms with Crippen LogP contribution in [0, 0.1) is 17.8 Å². The Balaban J connectivity index is 3.75. The Morgan fingerprint density at radius 3 is 2.70 bits per heavy atom. The van der Waals surface area contributed by atoms with Gasteiger partial charge < -0.3 is 5.11 Å². The van der Waals surface area contributed by atoms with Crippen molar-refractivity contribution >= 4 is 0 Å². The van der Waals surface area contributed by atoms with Crippen molar-refractivity contribution in [2.75, 3.05) is 6.61 Å². The van der Waals surface area contributed by atoms with E-state index in [1.807, 2.05) is 6.08 Å². The average Bonchev–Trinajstić information content (AvgIpc) is 1.87. The molecule has 0 saturated carbocycles. The van der Waals surface area contributed by atoms with E-state index in [0.717, 1.165) is 0 Å². The van der Waals surface area contributed by atoms with Crippen LogP contribution in [0.25, 0.3) is 0 Å². The Morgan fingerprint density at radius 1 is 1.50 bits per heavy atom. The van der Waals surface area contributed by atoms with Crippen molar-refractivity contribution in [3.05, 3.63) is 17.9 Å². The van der Waals surface area contributed by atoms with Crippen molar-refractivity contribution in [3.63, 3.8) is 0 Å². The molecule has 0 aliphatic rings. The molecule has 0 radical (unpaired) electrons. The van der Waals surface area contributed by atoms with Gasteiger partial charge in [0.05, 0.1) is 0 Å². The Kier molecular flexibility index (Phi) is 5.57. The molecule has 0 spiro atoms. The number of aliphatic hydroxyl groups is 1. The molecule has 10 heavy (non-hydrogen) atoms. The van der Waals surface area contributed by atoms with E-state index >= 15 is 0 Å². The minimum Gasteiger partial charge on any atom is -0.384 e. The highest BCUT2D eigenvalue weighted by Crippen LogP contribution is 1.89. The SMILES string of the molecule is CC(C)C=C=CC#CCO. The van der Waals surface area contributed by atoms with Gasteiger partial charge in [0.25, 0.3) is 0 Å². The highest BCUT2D eigenvalue weighted by atomic mass is 16.2. The fourth-order valence-corrected chi connectivity index (χ4v) is 0.379. The molecule has 0 unspecified atom stereocenters. The van der Waals surface area contributed by atoms with Crippen molar-refractivity contribution in [2.45, 2.75) is 13.8 Å². The minimum atomic E-state index is -0.0835. The summed E-state index contributed by atoms with van der Waals surface area (Å²) in [6.07, 6.45) is 3.53. The Labute approximate surface area is 62.1 Å². The molecule has 0 aromatic heterocycles. The van der Waals surface area contributed by atoms with Gasteiger partial charge in [0.15, 0.2) is 0 Å². The molecule has 0 aromatic rings. The van der Waals surface area contributed by atoms with Gasteiger partial charge >= 0.3 is 0 Å². The largest absolute Gasteiger partial charge is 0.384 e. The maximum atomic E-state index is 8.24. The van der Waals surface area contributed by atoms with Gasteiger partial charge in [0, 0.05) is 6.08 Å². The first-order valence-corrected chi connectivity index (χ1v) is 3.27. The summed E-state index contributed by atoms with van der Waals surface area (Å²) in [6.45, 7) is 4.06. The fourth-order valence-electron chi connectivity index (χ4n) is 0.379. The van der Waals surface area contributed by atoms with E-state index in [2.05, 4.69) is 31.4 Å². The molecule has 0 atom stereocenters. The van der Waals surface area contributed by atoms with Gasteiger partial charge in [-0.3, -0.25) is 0 Å². The number of allylic oxidation sites excluding steroid dienone is 1. The molecule has 0 rings (SSSR count). The van der Waals surface area contributed by atoms with Crippen molar-refractivity contribution in [1.29, 1.82) is 0 Å². The molecule has 0 bridgehead atoms. The van der Waals surface area contributed by atoms with Gasteiger partial charge in [-0.15, -0.1) is 5.73 Å². The van der Waals surface area contributed by atoms with Crippen LogP contribution in [0.1, 0.15) is 13.8 Å². The van der Waals surface area contributed by atoms with Crippen molar-refractivity contribution in [2.24, 2.45) is 5.92 Å². The normalized spacial score (nSPS) is 7.60. The highest BCUT2D eigenvalue weighted by molar-refractivity contribution is 5.14. The first-order valence-electron chi connectivity index (χ1n) is 3.27.